The number of hydrogen-bond donors (Lipinski definition) is 1. The smallest absolute Gasteiger partial charge is 0.0721 e. The first-order chi connectivity index (χ1) is 8.15. The molecule has 0 radical (unpaired) electrons. The van der Waals surface area contributed by atoms with Crippen LogP contribution < -0.4 is 0 Å². The fourth-order valence-corrected chi connectivity index (χ4v) is 2.97. The normalized spacial score (nSPS) is 22.6. The molecule has 2 unspecified atom stereocenters. The van der Waals surface area contributed by atoms with Gasteiger partial charge in [0.25, 0.3) is 0 Å². The van der Waals surface area contributed by atoms with Gasteiger partial charge in [-0.2, -0.15) is 0 Å². The average molecular weight is 241 g/mol. The van der Waals surface area contributed by atoms with E-state index in [9.17, 15) is 5.11 Å². The van der Waals surface area contributed by atoms with E-state index in [1.165, 1.54) is 51.6 Å². The van der Waals surface area contributed by atoms with Crippen LogP contribution in [0.15, 0.2) is 0 Å². The Hall–Kier alpha value is -0.0800. The maximum absolute atomic E-state index is 10.5. The molecule has 0 saturated carbocycles. The van der Waals surface area contributed by atoms with E-state index in [4.69, 9.17) is 0 Å². The Bertz CT molecular complexity index is 201. The highest BCUT2D eigenvalue weighted by Crippen LogP contribution is 2.30. The molecule has 1 aliphatic rings. The third-order valence-corrected chi connectivity index (χ3v) is 4.59. The van der Waals surface area contributed by atoms with Crippen molar-refractivity contribution in [3.63, 3.8) is 0 Å². The number of rotatable bonds is 8. The van der Waals surface area contributed by atoms with Crippen molar-refractivity contribution in [2.75, 3.05) is 13.1 Å². The van der Waals surface area contributed by atoms with E-state index in [2.05, 4.69) is 25.7 Å². The van der Waals surface area contributed by atoms with E-state index in [1.807, 2.05) is 0 Å². The lowest BCUT2D eigenvalue weighted by molar-refractivity contribution is -0.0178. The molecule has 0 spiro atoms. The fourth-order valence-electron chi connectivity index (χ4n) is 2.97. The number of nitrogens with zero attached hydrogens (tertiary/aromatic N) is 1. The van der Waals surface area contributed by atoms with Gasteiger partial charge in [0.2, 0.25) is 0 Å². The average Bonchev–Trinajstić information content (AvgIpc) is 2.87. The monoisotopic (exact) mass is 241 g/mol. The number of unbranched alkanes of at least 4 members (excludes halogenated alkanes) is 3. The van der Waals surface area contributed by atoms with Crippen LogP contribution in [0.2, 0.25) is 0 Å². The second-order valence-electron chi connectivity index (χ2n) is 5.77. The van der Waals surface area contributed by atoms with Gasteiger partial charge in [0.1, 0.15) is 0 Å². The molecule has 0 amide bonds. The van der Waals surface area contributed by atoms with Gasteiger partial charge >= 0.3 is 0 Å². The van der Waals surface area contributed by atoms with Crippen molar-refractivity contribution < 1.29 is 5.11 Å². The van der Waals surface area contributed by atoms with Crippen LogP contribution >= 0.6 is 0 Å². The summed E-state index contributed by atoms with van der Waals surface area (Å²) in [5.74, 6) is 0. The molecule has 2 heteroatoms. The van der Waals surface area contributed by atoms with Crippen molar-refractivity contribution in [1.29, 1.82) is 0 Å². The highest BCUT2D eigenvalue weighted by molar-refractivity contribution is 4.93. The first kappa shape index (κ1) is 15.0. The van der Waals surface area contributed by atoms with Crippen molar-refractivity contribution in [3.05, 3.63) is 0 Å². The van der Waals surface area contributed by atoms with E-state index < -0.39 is 0 Å². The summed E-state index contributed by atoms with van der Waals surface area (Å²) in [7, 11) is 0. The lowest BCUT2D eigenvalue weighted by Crippen LogP contribution is -2.53. The fraction of sp³-hybridized carbons (Fsp3) is 1.00. The van der Waals surface area contributed by atoms with E-state index in [1.54, 1.807) is 0 Å². The topological polar surface area (TPSA) is 23.5 Å². The lowest BCUT2D eigenvalue weighted by Gasteiger charge is -2.42. The highest BCUT2D eigenvalue weighted by atomic mass is 16.3. The van der Waals surface area contributed by atoms with E-state index >= 15 is 0 Å². The van der Waals surface area contributed by atoms with Crippen LogP contribution in [0.3, 0.4) is 0 Å². The van der Waals surface area contributed by atoms with Crippen molar-refractivity contribution in [1.82, 2.24) is 4.90 Å². The minimum atomic E-state index is -0.151. The zero-order chi connectivity index (χ0) is 12.7. The van der Waals surface area contributed by atoms with Gasteiger partial charge in [0.05, 0.1) is 6.10 Å². The third-order valence-electron chi connectivity index (χ3n) is 4.59. The second kappa shape index (κ2) is 7.38. The van der Waals surface area contributed by atoms with Crippen LogP contribution in [0.1, 0.15) is 72.1 Å². The maximum Gasteiger partial charge on any atom is 0.0721 e. The molecule has 2 atom stereocenters. The van der Waals surface area contributed by atoms with Crippen LogP contribution in [-0.2, 0) is 0 Å². The maximum atomic E-state index is 10.5. The quantitative estimate of drug-likeness (QED) is 0.657. The van der Waals surface area contributed by atoms with Crippen molar-refractivity contribution >= 4 is 0 Å². The summed E-state index contributed by atoms with van der Waals surface area (Å²) in [6, 6.07) is 0. The second-order valence-corrected chi connectivity index (χ2v) is 5.77. The number of aliphatic hydroxyl groups is 1. The zero-order valence-electron chi connectivity index (χ0n) is 12.0. The molecule has 17 heavy (non-hydrogen) atoms. The molecule has 0 aromatic heterocycles. The van der Waals surface area contributed by atoms with Gasteiger partial charge in [-0.15, -0.1) is 0 Å². The predicted molar refractivity (Wildman–Crippen MR) is 74.3 cm³/mol. The largest absolute Gasteiger partial charge is 0.391 e. The summed E-state index contributed by atoms with van der Waals surface area (Å²) in [6.07, 6.45) is 9.51. The van der Waals surface area contributed by atoms with E-state index in [0.717, 1.165) is 12.8 Å². The summed E-state index contributed by atoms with van der Waals surface area (Å²) in [5, 5.41) is 10.5. The Kier molecular flexibility index (Phi) is 6.50. The first-order valence-corrected chi connectivity index (χ1v) is 7.58. The Morgan fingerprint density at radius 3 is 2.29 bits per heavy atom. The molecule has 1 N–H and O–H groups in total. The number of hydrogen-bond acceptors (Lipinski definition) is 2. The molecule has 1 aliphatic heterocycles. The first-order valence-electron chi connectivity index (χ1n) is 7.58. The van der Waals surface area contributed by atoms with Gasteiger partial charge in [-0.1, -0.05) is 39.5 Å². The molecule has 102 valence electrons. The van der Waals surface area contributed by atoms with Crippen molar-refractivity contribution in [2.45, 2.75) is 83.8 Å². The summed E-state index contributed by atoms with van der Waals surface area (Å²) in [5.41, 5.74) is 0.0166. The molecule has 0 bridgehead atoms. The zero-order valence-corrected chi connectivity index (χ0v) is 12.0. The molecule has 1 fully saturated rings. The molecular formula is C15H31NO. The Morgan fingerprint density at radius 2 is 1.76 bits per heavy atom. The van der Waals surface area contributed by atoms with Crippen LogP contribution in [0, 0.1) is 0 Å². The van der Waals surface area contributed by atoms with Gasteiger partial charge in [-0.05, 0) is 45.7 Å². The summed E-state index contributed by atoms with van der Waals surface area (Å²) >= 11 is 0. The van der Waals surface area contributed by atoms with Crippen molar-refractivity contribution in [2.24, 2.45) is 0 Å². The van der Waals surface area contributed by atoms with Gasteiger partial charge in [0, 0.05) is 5.54 Å². The summed E-state index contributed by atoms with van der Waals surface area (Å²) in [6.45, 7) is 9.06. The lowest BCUT2D eigenvalue weighted by atomic mass is 9.86. The van der Waals surface area contributed by atoms with E-state index in [0.29, 0.717) is 0 Å². The highest BCUT2D eigenvalue weighted by Gasteiger charge is 2.37. The molecule has 0 aromatic carbocycles. The Labute approximate surface area is 107 Å². The van der Waals surface area contributed by atoms with Crippen LogP contribution in [0.4, 0.5) is 0 Å². The summed E-state index contributed by atoms with van der Waals surface area (Å²) < 4.78 is 0. The van der Waals surface area contributed by atoms with Gasteiger partial charge in [0.15, 0.2) is 0 Å². The van der Waals surface area contributed by atoms with Gasteiger partial charge in [-0.25, -0.2) is 0 Å². The molecule has 1 saturated heterocycles. The third kappa shape index (κ3) is 3.96. The minimum absolute atomic E-state index is 0.0166. The molecule has 1 heterocycles. The predicted octanol–water partition coefficient (Wildman–Crippen LogP) is 3.58. The molecule has 0 aromatic rings. The van der Waals surface area contributed by atoms with Crippen LogP contribution in [0.5, 0.6) is 0 Å². The van der Waals surface area contributed by atoms with Gasteiger partial charge < -0.3 is 5.11 Å². The van der Waals surface area contributed by atoms with Crippen LogP contribution in [-0.4, -0.2) is 34.7 Å². The molecule has 0 aliphatic carbocycles. The van der Waals surface area contributed by atoms with Crippen LogP contribution in [0.25, 0.3) is 0 Å². The minimum Gasteiger partial charge on any atom is -0.391 e. The summed E-state index contributed by atoms with van der Waals surface area (Å²) in [4.78, 5) is 2.51. The Balaban J connectivity index is 2.41. The molecule has 2 nitrogen and oxygen atoms in total. The van der Waals surface area contributed by atoms with Gasteiger partial charge in [-0.3, -0.25) is 4.90 Å². The molecular weight excluding hydrogens is 210 g/mol. The van der Waals surface area contributed by atoms with E-state index in [-0.39, 0.29) is 11.6 Å². The Morgan fingerprint density at radius 1 is 1.12 bits per heavy atom. The molecule has 1 rings (SSSR count). The standard InChI is InChI=1S/C15H31NO/c1-4-6-7-8-11-14(17)15(3,5-2)16-12-9-10-13-16/h14,17H,4-13H2,1-3H3. The SMILES string of the molecule is CCCCCCC(O)C(C)(CC)N1CCCC1. The number of aliphatic hydroxyl groups excluding tert-OH is 1. The number of likely N-dealkylation sites (tertiary alicyclic amines) is 1. The van der Waals surface area contributed by atoms with Crippen molar-refractivity contribution in [3.8, 4) is 0 Å².